The van der Waals surface area contributed by atoms with Crippen LogP contribution in [0.1, 0.15) is 27.7 Å². The highest BCUT2D eigenvalue weighted by Crippen LogP contribution is 2.30. The first-order valence-electron chi connectivity index (χ1n) is 4.84. The summed E-state index contributed by atoms with van der Waals surface area (Å²) in [4.78, 5) is 22.1. The largest absolute Gasteiger partial charge is 0.481 e. The Bertz CT molecular complexity index is 259. The zero-order valence-electron chi connectivity index (χ0n) is 9.97. The Kier molecular flexibility index (Phi) is 4.27. The fourth-order valence-corrected chi connectivity index (χ4v) is 0.878. The zero-order chi connectivity index (χ0) is 12.3. The molecule has 0 rings (SSSR count). The number of carboxylic acids is 1. The average Bonchev–Trinajstić information content (AvgIpc) is 2.13. The lowest BCUT2D eigenvalue weighted by molar-refractivity contribution is -0.151. The van der Waals surface area contributed by atoms with Crippen LogP contribution >= 0.6 is 0 Å². The Labute approximate surface area is 90.2 Å². The molecule has 0 heterocycles. The summed E-state index contributed by atoms with van der Waals surface area (Å²) in [7, 11) is 1.54. The maximum atomic E-state index is 11.0. The second-order valence-electron chi connectivity index (χ2n) is 4.58. The smallest absolute Gasteiger partial charge is 0.310 e. The van der Waals surface area contributed by atoms with E-state index in [4.69, 9.17) is 5.11 Å². The number of hydrogen-bond donors (Lipinski definition) is 3. The van der Waals surface area contributed by atoms with E-state index in [1.54, 1.807) is 34.7 Å². The molecule has 0 spiro atoms. The highest BCUT2D eigenvalue weighted by atomic mass is 16.4. The van der Waals surface area contributed by atoms with Crippen molar-refractivity contribution in [2.75, 3.05) is 13.6 Å². The topological polar surface area (TPSA) is 78.4 Å². The predicted molar refractivity (Wildman–Crippen MR) is 57.6 cm³/mol. The molecule has 3 N–H and O–H groups in total. The molecule has 15 heavy (non-hydrogen) atoms. The maximum Gasteiger partial charge on any atom is 0.310 e. The molecule has 5 nitrogen and oxygen atoms in total. The van der Waals surface area contributed by atoms with E-state index in [0.717, 1.165) is 0 Å². The molecule has 0 saturated carbocycles. The van der Waals surface area contributed by atoms with Gasteiger partial charge in [-0.15, -0.1) is 0 Å². The minimum absolute atomic E-state index is 0.111. The van der Waals surface area contributed by atoms with Gasteiger partial charge in [0.25, 0.3) is 0 Å². The van der Waals surface area contributed by atoms with Crippen LogP contribution in [0.2, 0.25) is 0 Å². The van der Waals surface area contributed by atoms with E-state index in [-0.39, 0.29) is 12.5 Å². The van der Waals surface area contributed by atoms with Gasteiger partial charge in [0.05, 0.1) is 12.0 Å². The summed E-state index contributed by atoms with van der Waals surface area (Å²) in [5, 5.41) is 14.5. The lowest BCUT2D eigenvalue weighted by atomic mass is 9.74. The molecule has 0 aliphatic carbocycles. The van der Waals surface area contributed by atoms with Gasteiger partial charge in [-0.2, -0.15) is 0 Å². The number of aliphatic carboxylic acids is 1. The number of likely N-dealkylation sites (N-methyl/N-ethyl adjacent to an activating group) is 1. The normalized spacial score (nSPS) is 12.3. The average molecular weight is 216 g/mol. The van der Waals surface area contributed by atoms with Crippen LogP contribution in [0.4, 0.5) is 0 Å². The Morgan fingerprint density at radius 3 is 2.00 bits per heavy atom. The molecule has 0 aromatic heterocycles. The fraction of sp³-hybridized carbons (Fsp3) is 0.800. The minimum atomic E-state index is -0.943. The summed E-state index contributed by atoms with van der Waals surface area (Å²) >= 11 is 0. The summed E-state index contributed by atoms with van der Waals surface area (Å²) in [6.45, 7) is 6.91. The third-order valence-corrected chi connectivity index (χ3v) is 3.07. The first-order chi connectivity index (χ1) is 6.65. The molecule has 0 aromatic carbocycles. The third kappa shape index (κ3) is 3.20. The van der Waals surface area contributed by atoms with Crippen LogP contribution in [0.3, 0.4) is 0 Å². The lowest BCUT2D eigenvalue weighted by Gasteiger charge is -2.38. The maximum absolute atomic E-state index is 11.0. The highest BCUT2D eigenvalue weighted by molar-refractivity contribution is 5.78. The van der Waals surface area contributed by atoms with E-state index in [1.807, 2.05) is 0 Å². The number of hydrogen-bond acceptors (Lipinski definition) is 3. The first-order valence-corrected chi connectivity index (χ1v) is 4.84. The van der Waals surface area contributed by atoms with Gasteiger partial charge >= 0.3 is 5.97 Å². The first kappa shape index (κ1) is 13.9. The number of carbonyl (C=O) groups is 2. The van der Waals surface area contributed by atoms with Gasteiger partial charge in [0.15, 0.2) is 0 Å². The molecule has 0 bridgehead atoms. The molecule has 0 unspecified atom stereocenters. The quantitative estimate of drug-likeness (QED) is 0.614. The molecule has 0 atom stereocenters. The van der Waals surface area contributed by atoms with Gasteiger partial charge in [-0.3, -0.25) is 9.59 Å². The molecule has 88 valence electrons. The Balaban J connectivity index is 4.54. The van der Waals surface area contributed by atoms with Crippen LogP contribution < -0.4 is 10.6 Å². The van der Waals surface area contributed by atoms with Crippen molar-refractivity contribution in [3.05, 3.63) is 0 Å². The molecular formula is C10H20N2O3. The Morgan fingerprint density at radius 1 is 1.20 bits per heavy atom. The Morgan fingerprint density at radius 2 is 1.67 bits per heavy atom. The van der Waals surface area contributed by atoms with Crippen molar-refractivity contribution in [2.24, 2.45) is 5.41 Å². The van der Waals surface area contributed by atoms with Gasteiger partial charge in [-0.1, -0.05) is 0 Å². The van der Waals surface area contributed by atoms with Crippen LogP contribution in [-0.4, -0.2) is 36.1 Å². The standard InChI is InChI=1S/C10H20N2O3/c1-9(2,8(14)15)10(3,4)12-6-7(13)11-5/h12H,6H2,1-5H3,(H,11,13)(H,14,15). The monoisotopic (exact) mass is 216 g/mol. The van der Waals surface area contributed by atoms with E-state index in [0.29, 0.717) is 0 Å². The van der Waals surface area contributed by atoms with Crippen molar-refractivity contribution in [1.29, 1.82) is 0 Å². The van der Waals surface area contributed by atoms with Crippen molar-refractivity contribution in [1.82, 2.24) is 10.6 Å². The van der Waals surface area contributed by atoms with Gasteiger partial charge in [0, 0.05) is 12.6 Å². The minimum Gasteiger partial charge on any atom is -0.481 e. The number of carboxylic acid groups (broad SMARTS) is 1. The predicted octanol–water partition coefficient (Wildman–Crippen LogP) is 0.211. The summed E-state index contributed by atoms with van der Waals surface area (Å²) in [5.74, 6) is -1.05. The molecule has 5 heteroatoms. The summed E-state index contributed by atoms with van der Waals surface area (Å²) in [6, 6.07) is 0. The molecule has 0 aromatic rings. The van der Waals surface area contributed by atoms with Gasteiger partial charge in [-0.05, 0) is 27.7 Å². The van der Waals surface area contributed by atoms with Crippen molar-refractivity contribution in [3.63, 3.8) is 0 Å². The van der Waals surface area contributed by atoms with Crippen LogP contribution in [0.25, 0.3) is 0 Å². The SMILES string of the molecule is CNC(=O)CNC(C)(C)C(C)(C)C(=O)O. The van der Waals surface area contributed by atoms with E-state index in [9.17, 15) is 9.59 Å². The molecule has 0 aliphatic heterocycles. The van der Waals surface area contributed by atoms with Crippen LogP contribution in [0.15, 0.2) is 0 Å². The number of nitrogens with one attached hydrogen (secondary N) is 2. The van der Waals surface area contributed by atoms with E-state index in [1.165, 1.54) is 0 Å². The molecule has 0 radical (unpaired) electrons. The van der Waals surface area contributed by atoms with Crippen LogP contribution in [-0.2, 0) is 9.59 Å². The van der Waals surface area contributed by atoms with Crippen LogP contribution in [0.5, 0.6) is 0 Å². The van der Waals surface area contributed by atoms with Gasteiger partial charge in [0.1, 0.15) is 0 Å². The van der Waals surface area contributed by atoms with Gasteiger partial charge < -0.3 is 15.7 Å². The molecule has 0 aliphatic rings. The lowest BCUT2D eigenvalue weighted by Crippen LogP contribution is -2.56. The third-order valence-electron chi connectivity index (χ3n) is 3.07. The summed E-state index contributed by atoms with van der Waals surface area (Å²) in [6.07, 6.45) is 0. The second kappa shape index (κ2) is 4.61. The van der Waals surface area contributed by atoms with Gasteiger partial charge in [-0.25, -0.2) is 0 Å². The highest BCUT2D eigenvalue weighted by Gasteiger charge is 2.43. The number of amides is 1. The van der Waals surface area contributed by atoms with Crippen LogP contribution in [0, 0.1) is 5.41 Å². The second-order valence-corrected chi connectivity index (χ2v) is 4.58. The fourth-order valence-electron chi connectivity index (χ4n) is 0.878. The van der Waals surface area contributed by atoms with Crippen molar-refractivity contribution in [3.8, 4) is 0 Å². The van der Waals surface area contributed by atoms with E-state index >= 15 is 0 Å². The molecule has 1 amide bonds. The summed E-state index contributed by atoms with van der Waals surface area (Å²) < 4.78 is 0. The van der Waals surface area contributed by atoms with Gasteiger partial charge in [0.2, 0.25) is 5.91 Å². The number of rotatable bonds is 5. The van der Waals surface area contributed by atoms with Crippen molar-refractivity contribution < 1.29 is 14.7 Å². The molecule has 0 saturated heterocycles. The number of carbonyl (C=O) groups excluding carboxylic acids is 1. The summed E-state index contributed by atoms with van der Waals surface area (Å²) in [5.41, 5.74) is -1.60. The van der Waals surface area contributed by atoms with Crippen molar-refractivity contribution >= 4 is 11.9 Å². The van der Waals surface area contributed by atoms with E-state index < -0.39 is 16.9 Å². The Hall–Kier alpha value is -1.10. The zero-order valence-corrected chi connectivity index (χ0v) is 9.97. The van der Waals surface area contributed by atoms with E-state index in [2.05, 4.69) is 10.6 Å². The van der Waals surface area contributed by atoms with Crippen molar-refractivity contribution in [2.45, 2.75) is 33.2 Å². The molecule has 0 fully saturated rings. The molecular weight excluding hydrogens is 196 g/mol.